The summed E-state index contributed by atoms with van der Waals surface area (Å²) in [6.45, 7) is 0. The third-order valence-electron chi connectivity index (χ3n) is 1.40. The molecule has 0 aromatic carbocycles. The van der Waals surface area contributed by atoms with Crippen LogP contribution in [0.1, 0.15) is 11.6 Å². The first kappa shape index (κ1) is 8.96. The first-order chi connectivity index (χ1) is 5.63. The fraction of sp³-hybridized carbons (Fsp3) is 0.143. The number of carboxylic acids is 1. The van der Waals surface area contributed by atoms with E-state index >= 15 is 0 Å². The molecular formula is C7H7ClN2O2. The Labute approximate surface area is 74.0 Å². The maximum atomic E-state index is 10.4. The van der Waals surface area contributed by atoms with Crippen molar-refractivity contribution in [1.82, 2.24) is 4.98 Å². The molecule has 12 heavy (non-hydrogen) atoms. The molecule has 0 saturated carbocycles. The number of pyridine rings is 1. The number of halogens is 1. The highest BCUT2D eigenvalue weighted by Gasteiger charge is 2.16. The number of hydrogen-bond acceptors (Lipinski definition) is 3. The van der Waals surface area contributed by atoms with Crippen molar-refractivity contribution in [3.05, 3.63) is 29.0 Å². The van der Waals surface area contributed by atoms with Gasteiger partial charge in [0.1, 0.15) is 6.04 Å². The van der Waals surface area contributed by atoms with Gasteiger partial charge in [0.05, 0.1) is 0 Å². The average Bonchev–Trinajstić information content (AvgIpc) is 2.04. The van der Waals surface area contributed by atoms with Gasteiger partial charge in [0, 0.05) is 23.0 Å². The lowest BCUT2D eigenvalue weighted by molar-refractivity contribution is -0.138. The van der Waals surface area contributed by atoms with E-state index in [0.717, 1.165) is 0 Å². The van der Waals surface area contributed by atoms with Gasteiger partial charge in [-0.05, 0) is 6.07 Å². The molecule has 0 amide bonds. The smallest absolute Gasteiger partial charge is 0.325 e. The van der Waals surface area contributed by atoms with E-state index < -0.39 is 12.0 Å². The number of nitrogens with two attached hydrogens (primary N) is 1. The van der Waals surface area contributed by atoms with Crippen molar-refractivity contribution in [2.45, 2.75) is 6.04 Å². The van der Waals surface area contributed by atoms with Crippen molar-refractivity contribution in [2.75, 3.05) is 0 Å². The van der Waals surface area contributed by atoms with Crippen LogP contribution in [0.4, 0.5) is 0 Å². The molecule has 1 aromatic rings. The molecule has 1 rings (SSSR count). The van der Waals surface area contributed by atoms with Crippen molar-refractivity contribution >= 4 is 17.6 Å². The molecule has 0 radical (unpaired) electrons. The zero-order chi connectivity index (χ0) is 9.14. The van der Waals surface area contributed by atoms with Crippen LogP contribution in [-0.2, 0) is 4.79 Å². The van der Waals surface area contributed by atoms with Gasteiger partial charge in [0.15, 0.2) is 0 Å². The Kier molecular flexibility index (Phi) is 2.62. The first-order valence-electron chi connectivity index (χ1n) is 3.20. The molecular weight excluding hydrogens is 180 g/mol. The molecule has 0 bridgehead atoms. The van der Waals surface area contributed by atoms with E-state index in [-0.39, 0.29) is 0 Å². The van der Waals surface area contributed by atoms with E-state index in [2.05, 4.69) is 4.98 Å². The van der Waals surface area contributed by atoms with Crippen molar-refractivity contribution in [2.24, 2.45) is 5.73 Å². The summed E-state index contributed by atoms with van der Waals surface area (Å²) in [6.07, 6.45) is 2.82. The van der Waals surface area contributed by atoms with Gasteiger partial charge in [-0.25, -0.2) is 0 Å². The highest BCUT2D eigenvalue weighted by Crippen LogP contribution is 2.19. The minimum absolute atomic E-state index is 0.319. The van der Waals surface area contributed by atoms with E-state index in [9.17, 15) is 4.79 Å². The summed E-state index contributed by atoms with van der Waals surface area (Å²) >= 11 is 5.68. The summed E-state index contributed by atoms with van der Waals surface area (Å²) in [5.41, 5.74) is 5.64. The molecule has 0 unspecified atom stereocenters. The van der Waals surface area contributed by atoms with Gasteiger partial charge in [-0.1, -0.05) is 11.6 Å². The van der Waals surface area contributed by atoms with E-state index in [1.54, 1.807) is 0 Å². The van der Waals surface area contributed by atoms with Crippen LogP contribution in [0.15, 0.2) is 18.5 Å². The van der Waals surface area contributed by atoms with Crippen molar-refractivity contribution in [3.8, 4) is 0 Å². The van der Waals surface area contributed by atoms with Crippen LogP contribution in [0.3, 0.4) is 0 Å². The molecule has 1 atom stereocenters. The molecule has 0 fully saturated rings. The highest BCUT2D eigenvalue weighted by molar-refractivity contribution is 6.31. The second kappa shape index (κ2) is 3.51. The van der Waals surface area contributed by atoms with Gasteiger partial charge in [-0.2, -0.15) is 0 Å². The first-order valence-corrected chi connectivity index (χ1v) is 3.58. The van der Waals surface area contributed by atoms with Gasteiger partial charge in [0.2, 0.25) is 0 Å². The van der Waals surface area contributed by atoms with Crippen molar-refractivity contribution in [3.63, 3.8) is 0 Å². The Morgan fingerprint density at radius 2 is 2.42 bits per heavy atom. The van der Waals surface area contributed by atoms with Crippen molar-refractivity contribution in [1.29, 1.82) is 0 Å². The van der Waals surface area contributed by atoms with Gasteiger partial charge in [-0.15, -0.1) is 0 Å². The van der Waals surface area contributed by atoms with E-state index in [0.29, 0.717) is 10.6 Å². The predicted molar refractivity (Wildman–Crippen MR) is 43.8 cm³/mol. The second-order valence-corrected chi connectivity index (χ2v) is 2.62. The summed E-state index contributed by atoms with van der Waals surface area (Å²) in [5.74, 6) is -1.12. The third kappa shape index (κ3) is 1.72. The number of rotatable bonds is 2. The Bertz CT molecular complexity index is 303. The number of hydrogen-bond donors (Lipinski definition) is 2. The Morgan fingerprint density at radius 3 is 2.92 bits per heavy atom. The molecule has 0 aliphatic rings. The molecule has 0 aliphatic heterocycles. The van der Waals surface area contributed by atoms with E-state index in [4.69, 9.17) is 22.4 Å². The topological polar surface area (TPSA) is 76.2 Å². The molecule has 1 heterocycles. The fourth-order valence-electron chi connectivity index (χ4n) is 0.752. The summed E-state index contributed by atoms with van der Waals surface area (Å²) < 4.78 is 0. The molecule has 3 N–H and O–H groups in total. The fourth-order valence-corrected chi connectivity index (χ4v) is 0.974. The largest absolute Gasteiger partial charge is 0.480 e. The molecule has 0 aliphatic carbocycles. The third-order valence-corrected chi connectivity index (χ3v) is 1.74. The maximum Gasteiger partial charge on any atom is 0.325 e. The molecule has 0 spiro atoms. The average molecular weight is 187 g/mol. The quantitative estimate of drug-likeness (QED) is 0.717. The van der Waals surface area contributed by atoms with Crippen LogP contribution in [0, 0.1) is 0 Å². The standard InChI is InChI=1S/C7H7ClN2O2/c8-5-1-2-10-3-4(5)6(9)7(11)12/h1-3,6H,9H2,(H,11,12)/t6-/m0/s1. The van der Waals surface area contributed by atoms with Crippen LogP contribution in [0.25, 0.3) is 0 Å². The zero-order valence-corrected chi connectivity index (χ0v) is 6.82. The normalized spacial score (nSPS) is 12.5. The number of aliphatic carboxylic acids is 1. The molecule has 4 nitrogen and oxygen atoms in total. The van der Waals surface area contributed by atoms with Crippen LogP contribution in [0.2, 0.25) is 5.02 Å². The Morgan fingerprint density at radius 1 is 1.75 bits per heavy atom. The lowest BCUT2D eigenvalue weighted by atomic mass is 10.1. The van der Waals surface area contributed by atoms with Gasteiger partial charge >= 0.3 is 5.97 Å². The molecule has 5 heteroatoms. The van der Waals surface area contributed by atoms with Gasteiger partial charge < -0.3 is 10.8 Å². The predicted octanol–water partition coefficient (Wildman–Crippen LogP) is 0.819. The van der Waals surface area contributed by atoms with E-state index in [1.165, 1.54) is 18.5 Å². The van der Waals surface area contributed by atoms with Crippen LogP contribution in [-0.4, -0.2) is 16.1 Å². The van der Waals surface area contributed by atoms with Crippen LogP contribution in [0.5, 0.6) is 0 Å². The zero-order valence-electron chi connectivity index (χ0n) is 6.07. The monoisotopic (exact) mass is 186 g/mol. The second-order valence-electron chi connectivity index (χ2n) is 2.21. The Hall–Kier alpha value is -1.13. The lowest BCUT2D eigenvalue weighted by Crippen LogP contribution is -2.21. The summed E-state index contributed by atoms with van der Waals surface area (Å²) in [4.78, 5) is 14.2. The molecule has 0 saturated heterocycles. The SMILES string of the molecule is N[C@H](C(=O)O)c1cnccc1Cl. The van der Waals surface area contributed by atoms with Crippen LogP contribution >= 0.6 is 11.6 Å². The minimum atomic E-state index is -1.12. The summed E-state index contributed by atoms with van der Waals surface area (Å²) in [7, 11) is 0. The number of nitrogens with zero attached hydrogens (tertiary/aromatic N) is 1. The van der Waals surface area contributed by atoms with Gasteiger partial charge in [0.25, 0.3) is 0 Å². The number of aromatic nitrogens is 1. The van der Waals surface area contributed by atoms with Crippen LogP contribution < -0.4 is 5.73 Å². The van der Waals surface area contributed by atoms with Gasteiger partial charge in [-0.3, -0.25) is 9.78 Å². The van der Waals surface area contributed by atoms with E-state index in [1.807, 2.05) is 0 Å². The number of carbonyl (C=O) groups is 1. The lowest BCUT2D eigenvalue weighted by Gasteiger charge is -2.06. The summed E-state index contributed by atoms with van der Waals surface area (Å²) in [6, 6.07) is 0.394. The maximum absolute atomic E-state index is 10.4. The summed E-state index contributed by atoms with van der Waals surface area (Å²) in [5, 5.41) is 8.87. The Balaban J connectivity index is 3.02. The number of carboxylic acid groups (broad SMARTS) is 1. The highest BCUT2D eigenvalue weighted by atomic mass is 35.5. The molecule has 64 valence electrons. The van der Waals surface area contributed by atoms with Crippen molar-refractivity contribution < 1.29 is 9.90 Å². The minimum Gasteiger partial charge on any atom is -0.480 e. The molecule has 1 aromatic heterocycles.